The number of aliphatic imine (C=N–C) groups is 1. The number of hydrogen-bond acceptors (Lipinski definition) is 3. The molecule has 1 aromatic rings. The number of rotatable bonds is 7. The lowest BCUT2D eigenvalue weighted by Crippen LogP contribution is -2.40. The quantitative estimate of drug-likeness (QED) is 0.460. The summed E-state index contributed by atoms with van der Waals surface area (Å²) in [5.41, 5.74) is 1.17. The second kappa shape index (κ2) is 9.30. The third kappa shape index (κ3) is 5.22. The minimum atomic E-state index is 0.628. The molecule has 0 aliphatic carbocycles. The van der Waals surface area contributed by atoms with E-state index in [4.69, 9.17) is 4.74 Å². The third-order valence-corrected chi connectivity index (χ3v) is 3.94. The summed E-state index contributed by atoms with van der Waals surface area (Å²) in [5.74, 6) is 1.64. The van der Waals surface area contributed by atoms with Crippen LogP contribution in [-0.4, -0.2) is 57.8 Å². The monoisotopic (exact) mass is 304 g/mol. The van der Waals surface area contributed by atoms with Crippen molar-refractivity contribution in [3.05, 3.63) is 30.3 Å². The predicted octanol–water partition coefficient (Wildman–Crippen LogP) is 2.03. The van der Waals surface area contributed by atoms with Gasteiger partial charge in [-0.2, -0.15) is 0 Å². The molecule has 122 valence electrons. The van der Waals surface area contributed by atoms with Crippen molar-refractivity contribution in [2.75, 3.05) is 52.3 Å². The molecule has 0 saturated carbocycles. The third-order valence-electron chi connectivity index (χ3n) is 3.94. The van der Waals surface area contributed by atoms with E-state index >= 15 is 0 Å². The van der Waals surface area contributed by atoms with Crippen LogP contribution in [0.4, 0.5) is 5.69 Å². The molecule has 1 saturated heterocycles. The first-order chi connectivity index (χ1) is 10.8. The van der Waals surface area contributed by atoms with Gasteiger partial charge >= 0.3 is 0 Å². The van der Waals surface area contributed by atoms with E-state index in [0.717, 1.165) is 45.2 Å². The lowest BCUT2D eigenvalue weighted by molar-refractivity contribution is 0.157. The van der Waals surface area contributed by atoms with Crippen LogP contribution in [-0.2, 0) is 4.74 Å². The van der Waals surface area contributed by atoms with Gasteiger partial charge in [-0.15, -0.1) is 0 Å². The smallest absolute Gasteiger partial charge is 0.193 e. The summed E-state index contributed by atoms with van der Waals surface area (Å²) in [4.78, 5) is 6.72. The van der Waals surface area contributed by atoms with Crippen LogP contribution >= 0.6 is 0 Å². The molecule has 0 radical (unpaired) electrons. The zero-order valence-electron chi connectivity index (χ0n) is 13.7. The van der Waals surface area contributed by atoms with Crippen LogP contribution in [0.15, 0.2) is 35.3 Å². The molecule has 1 heterocycles. The Hall–Kier alpha value is -1.75. The fraction of sp³-hybridized carbons (Fsp3) is 0.588. The van der Waals surface area contributed by atoms with Gasteiger partial charge in [0.05, 0.1) is 6.61 Å². The number of likely N-dealkylation sites (tertiary alicyclic amines) is 1. The van der Waals surface area contributed by atoms with Crippen LogP contribution < -0.4 is 10.6 Å². The van der Waals surface area contributed by atoms with Crippen molar-refractivity contribution in [2.24, 2.45) is 10.9 Å². The molecule has 5 heteroatoms. The number of anilines is 1. The molecule has 1 atom stereocenters. The predicted molar refractivity (Wildman–Crippen MR) is 92.5 cm³/mol. The number of benzene rings is 1. The maximum absolute atomic E-state index is 5.25. The Kier molecular flexibility index (Phi) is 7.03. The number of nitrogens with zero attached hydrogens (tertiary/aromatic N) is 2. The molecule has 1 fully saturated rings. The summed E-state index contributed by atoms with van der Waals surface area (Å²) >= 11 is 0. The van der Waals surface area contributed by atoms with Gasteiger partial charge < -0.3 is 20.3 Å². The minimum absolute atomic E-state index is 0.628. The minimum Gasteiger partial charge on any atom is -0.385 e. The van der Waals surface area contributed by atoms with Crippen molar-refractivity contribution in [1.82, 2.24) is 10.2 Å². The van der Waals surface area contributed by atoms with Gasteiger partial charge in [-0.3, -0.25) is 4.99 Å². The maximum Gasteiger partial charge on any atom is 0.193 e. The first-order valence-electron chi connectivity index (χ1n) is 8.07. The van der Waals surface area contributed by atoms with Crippen LogP contribution in [0.2, 0.25) is 0 Å². The van der Waals surface area contributed by atoms with E-state index in [-0.39, 0.29) is 0 Å². The molecule has 0 amide bonds. The van der Waals surface area contributed by atoms with Gasteiger partial charge in [-0.1, -0.05) is 18.2 Å². The summed E-state index contributed by atoms with van der Waals surface area (Å²) in [6.45, 7) is 4.83. The highest BCUT2D eigenvalue weighted by Gasteiger charge is 2.24. The molecular weight excluding hydrogens is 276 g/mol. The van der Waals surface area contributed by atoms with Gasteiger partial charge in [0, 0.05) is 51.9 Å². The van der Waals surface area contributed by atoms with Crippen LogP contribution in [0.5, 0.6) is 0 Å². The van der Waals surface area contributed by atoms with E-state index in [2.05, 4.69) is 32.7 Å². The Morgan fingerprint density at radius 3 is 2.86 bits per heavy atom. The average Bonchev–Trinajstić information content (AvgIpc) is 3.01. The van der Waals surface area contributed by atoms with Crippen LogP contribution in [0.25, 0.3) is 0 Å². The standard InChI is InChI=1S/C17H28N4O/c1-18-17(21-12-9-15(13-21)14-22-2)20-11-6-10-19-16-7-4-3-5-8-16/h3-5,7-8,15,19H,6,9-14H2,1-2H3,(H,18,20). The van der Waals surface area contributed by atoms with Gasteiger partial charge in [0.1, 0.15) is 0 Å². The van der Waals surface area contributed by atoms with E-state index in [1.54, 1.807) is 7.11 Å². The summed E-state index contributed by atoms with van der Waals surface area (Å²) < 4.78 is 5.25. The molecule has 1 aliphatic rings. The highest BCUT2D eigenvalue weighted by atomic mass is 16.5. The molecule has 5 nitrogen and oxygen atoms in total. The molecule has 1 aliphatic heterocycles. The summed E-state index contributed by atoms with van der Waals surface area (Å²) in [6, 6.07) is 10.3. The fourth-order valence-corrected chi connectivity index (χ4v) is 2.81. The van der Waals surface area contributed by atoms with Gasteiger partial charge in [-0.25, -0.2) is 0 Å². The van der Waals surface area contributed by atoms with Crippen molar-refractivity contribution in [3.63, 3.8) is 0 Å². The lowest BCUT2D eigenvalue weighted by atomic mass is 10.1. The van der Waals surface area contributed by atoms with E-state index in [9.17, 15) is 0 Å². The Balaban J connectivity index is 1.63. The molecule has 2 N–H and O–H groups in total. The second-order valence-electron chi connectivity index (χ2n) is 5.68. The summed E-state index contributed by atoms with van der Waals surface area (Å²) in [5, 5.41) is 6.88. The number of nitrogens with one attached hydrogen (secondary N) is 2. The number of hydrogen-bond donors (Lipinski definition) is 2. The van der Waals surface area contributed by atoms with Crippen LogP contribution in [0.3, 0.4) is 0 Å². The molecule has 2 rings (SSSR count). The van der Waals surface area contributed by atoms with Gasteiger partial charge in [0.25, 0.3) is 0 Å². The van der Waals surface area contributed by atoms with Gasteiger partial charge in [0.15, 0.2) is 5.96 Å². The normalized spacial score (nSPS) is 18.5. The highest BCUT2D eigenvalue weighted by Crippen LogP contribution is 2.16. The Bertz CT molecular complexity index is 449. The molecule has 0 aromatic heterocycles. The van der Waals surface area contributed by atoms with Gasteiger partial charge in [0.2, 0.25) is 0 Å². The molecular formula is C17H28N4O. The Labute approximate surface area is 133 Å². The Morgan fingerprint density at radius 1 is 1.32 bits per heavy atom. The maximum atomic E-state index is 5.25. The zero-order valence-corrected chi connectivity index (χ0v) is 13.7. The topological polar surface area (TPSA) is 48.9 Å². The van der Waals surface area contributed by atoms with Crippen LogP contribution in [0, 0.1) is 5.92 Å². The van der Waals surface area contributed by atoms with Gasteiger partial charge in [-0.05, 0) is 25.0 Å². The van der Waals surface area contributed by atoms with Crippen molar-refractivity contribution >= 4 is 11.6 Å². The second-order valence-corrected chi connectivity index (χ2v) is 5.68. The largest absolute Gasteiger partial charge is 0.385 e. The van der Waals surface area contributed by atoms with E-state index in [0.29, 0.717) is 5.92 Å². The fourth-order valence-electron chi connectivity index (χ4n) is 2.81. The zero-order chi connectivity index (χ0) is 15.6. The summed E-state index contributed by atoms with van der Waals surface area (Å²) in [6.07, 6.45) is 2.24. The average molecular weight is 304 g/mol. The molecule has 1 unspecified atom stereocenters. The SMILES string of the molecule is CN=C(NCCCNc1ccccc1)N1CCC(COC)C1. The number of para-hydroxylation sites is 1. The molecule has 0 bridgehead atoms. The van der Waals surface area contributed by atoms with Crippen molar-refractivity contribution in [3.8, 4) is 0 Å². The molecule has 1 aromatic carbocycles. The van der Waals surface area contributed by atoms with Crippen molar-refractivity contribution in [2.45, 2.75) is 12.8 Å². The van der Waals surface area contributed by atoms with E-state index < -0.39 is 0 Å². The first kappa shape index (κ1) is 16.6. The lowest BCUT2D eigenvalue weighted by Gasteiger charge is -2.21. The van der Waals surface area contributed by atoms with Crippen molar-refractivity contribution < 1.29 is 4.74 Å². The highest BCUT2D eigenvalue weighted by molar-refractivity contribution is 5.80. The number of ether oxygens (including phenoxy) is 1. The number of methoxy groups -OCH3 is 1. The molecule has 22 heavy (non-hydrogen) atoms. The Morgan fingerprint density at radius 2 is 2.14 bits per heavy atom. The van der Waals surface area contributed by atoms with E-state index in [1.807, 2.05) is 25.2 Å². The summed E-state index contributed by atoms with van der Waals surface area (Å²) in [7, 11) is 3.63. The molecule has 0 spiro atoms. The van der Waals surface area contributed by atoms with E-state index in [1.165, 1.54) is 12.1 Å². The first-order valence-corrected chi connectivity index (χ1v) is 8.07. The van der Waals surface area contributed by atoms with Crippen molar-refractivity contribution in [1.29, 1.82) is 0 Å². The number of guanidine groups is 1. The van der Waals surface area contributed by atoms with Crippen LogP contribution in [0.1, 0.15) is 12.8 Å².